The summed E-state index contributed by atoms with van der Waals surface area (Å²) in [5, 5.41) is 22.1. The van der Waals surface area contributed by atoms with E-state index in [-0.39, 0.29) is 165 Å². The number of aryl methyl sites for hydroxylation is 8. The van der Waals surface area contributed by atoms with Crippen LogP contribution in [0.2, 0.25) is 36.1 Å². The smallest absolute Gasteiger partial charge is 0.261 e. The second-order valence-corrected chi connectivity index (χ2v) is 41.3. The van der Waals surface area contributed by atoms with E-state index in [1.54, 1.807) is 39.5 Å². The number of amides is 4. The molecule has 0 spiro atoms. The first-order chi connectivity index (χ1) is 61.1. The van der Waals surface area contributed by atoms with Crippen LogP contribution in [-0.2, 0) is 24.0 Å². The SMILES string of the molecule is CCC(=O)CCCC(=O)c1sc(C)nc1Cl.CNC(=O)CCC(=O)c1sc(C)nc1Cl.CNC(=O)CCC(=O)c1sc(C)nc1F.Cc1nc(Cl)c(C(=O)CCC(N)=O)s1.Cc1nc(Cl)c(C(=O)CCCC(N)=O)s1.Cc1nc(Cl)c(C(=O)CCCN2CCC(F)(F)C2)s1.Cc1nc(Cl)c(C(=O)CCCN2CCC(F)C2)s1.Cc1nc(Cl)c(C(=O)CCCN2CCC(O)C2)s1. The Bertz CT molecular complexity index is 5000. The van der Waals surface area contributed by atoms with Gasteiger partial charge in [-0.05, 0) is 120 Å². The fraction of sp³-hybridized carbons (Fsp3) is 0.549. The number of nitrogens with two attached hydrogens (primary N) is 2. The molecule has 0 bridgehead atoms. The number of thiazole rings is 8. The number of carbonyl (C=O) groups is 13. The van der Waals surface area contributed by atoms with Crippen LogP contribution >= 0.6 is 172 Å². The van der Waals surface area contributed by atoms with E-state index in [4.69, 9.17) is 92.7 Å². The average molecular weight is 2100 g/mol. The number of likely N-dealkylation sites (tertiary alicyclic amines) is 3. The summed E-state index contributed by atoms with van der Waals surface area (Å²) in [6.45, 7) is 21.4. The first kappa shape index (κ1) is 116. The Balaban J connectivity index is 0.000000312. The number of alkyl halides is 3. The second kappa shape index (κ2) is 59.4. The number of halogens is 11. The summed E-state index contributed by atoms with van der Waals surface area (Å²) in [6, 6.07) is 0. The largest absolute Gasteiger partial charge is 0.392 e. The highest BCUT2D eigenvalue weighted by Crippen LogP contribution is 2.33. The highest BCUT2D eigenvalue weighted by molar-refractivity contribution is 7.16. The summed E-state index contributed by atoms with van der Waals surface area (Å²) in [5.41, 5.74) is 9.89. The molecule has 0 aliphatic carbocycles. The van der Waals surface area contributed by atoms with Crippen LogP contribution in [0, 0.1) is 61.3 Å². The zero-order chi connectivity index (χ0) is 97.4. The van der Waals surface area contributed by atoms with Gasteiger partial charge in [0.1, 0.15) is 51.0 Å². The van der Waals surface area contributed by atoms with Gasteiger partial charge in [0, 0.05) is 143 Å². The van der Waals surface area contributed by atoms with E-state index >= 15 is 0 Å². The average Bonchev–Trinajstić information content (AvgIpc) is 1.75. The molecule has 2 atom stereocenters. The number of hydrogen-bond donors (Lipinski definition) is 5. The lowest BCUT2D eigenvalue weighted by Gasteiger charge is -2.14. The molecule has 11 heterocycles. The van der Waals surface area contributed by atoms with E-state index in [1.165, 1.54) is 93.5 Å². The Hall–Kier alpha value is -6.46. The number of hydrogen-bond acceptors (Lipinski definition) is 33. The molecule has 3 aliphatic heterocycles. The van der Waals surface area contributed by atoms with Gasteiger partial charge in [-0.3, -0.25) is 67.2 Å². The van der Waals surface area contributed by atoms with Crippen molar-refractivity contribution in [2.45, 2.75) is 222 Å². The topological polar surface area (TPSA) is 431 Å². The monoisotopic (exact) mass is 2100 g/mol. The maximum atomic E-state index is 13.0. The van der Waals surface area contributed by atoms with Gasteiger partial charge in [0.15, 0.2) is 82.3 Å². The molecule has 2 unspecified atom stereocenters. The van der Waals surface area contributed by atoms with Crippen LogP contribution in [0.4, 0.5) is 17.6 Å². The van der Waals surface area contributed by atoms with Crippen LogP contribution in [0.25, 0.3) is 0 Å². The minimum absolute atomic E-state index is 0.0106. The summed E-state index contributed by atoms with van der Waals surface area (Å²) in [4.78, 5) is 188. The fourth-order valence-electron chi connectivity index (χ4n) is 11.9. The van der Waals surface area contributed by atoms with Gasteiger partial charge in [0.25, 0.3) is 5.92 Å². The van der Waals surface area contributed by atoms with Crippen molar-refractivity contribution in [3.8, 4) is 0 Å². The molecule has 8 aromatic heterocycles. The molecule has 0 saturated carbocycles. The Morgan fingerprint density at radius 3 is 0.915 bits per heavy atom. The number of aromatic nitrogens is 8. The molecule has 0 radical (unpaired) electrons. The Kier molecular flexibility index (Phi) is 53.0. The normalized spacial score (nSPS) is 14.3. The molecular formula is C82H104Cl7F4N15O14S8. The lowest BCUT2D eigenvalue weighted by molar-refractivity contribution is -0.121. The third kappa shape index (κ3) is 43.5. The van der Waals surface area contributed by atoms with Crippen molar-refractivity contribution in [1.29, 1.82) is 0 Å². The number of Topliss-reactive ketones (excluding diaryl/α,β-unsaturated/α-hetero) is 9. The zero-order valence-corrected chi connectivity index (χ0v) is 85.2. The number of carbonyl (C=O) groups excluding carboxylic acids is 13. The number of nitrogens with one attached hydrogen (secondary N) is 2. The third-order valence-corrected chi connectivity index (χ3v) is 29.1. The van der Waals surface area contributed by atoms with E-state index < -0.39 is 29.9 Å². The van der Waals surface area contributed by atoms with E-state index in [0.29, 0.717) is 133 Å². The van der Waals surface area contributed by atoms with Gasteiger partial charge in [0.05, 0.1) is 52.7 Å². The first-order valence-corrected chi connectivity index (χ1v) is 50.0. The summed E-state index contributed by atoms with van der Waals surface area (Å²) in [6.07, 6.45) is 7.40. The number of β-amino-alcohol motifs (C(OH)–C–C–N with tert-alkyl or cyclic N) is 1. The van der Waals surface area contributed by atoms with Gasteiger partial charge in [-0.1, -0.05) is 88.1 Å². The molecule has 48 heteroatoms. The second-order valence-electron chi connectivity index (χ2n) is 29.2. The van der Waals surface area contributed by atoms with Crippen molar-refractivity contribution in [2.24, 2.45) is 11.5 Å². The Morgan fingerprint density at radius 2 is 0.662 bits per heavy atom. The predicted molar refractivity (Wildman–Crippen MR) is 508 cm³/mol. The summed E-state index contributed by atoms with van der Waals surface area (Å²) in [7, 11) is 3.03. The van der Waals surface area contributed by atoms with Crippen molar-refractivity contribution < 1.29 is 85.0 Å². The van der Waals surface area contributed by atoms with Crippen LogP contribution < -0.4 is 22.1 Å². The Morgan fingerprint density at radius 1 is 0.385 bits per heavy atom. The van der Waals surface area contributed by atoms with E-state index in [9.17, 15) is 85.0 Å². The van der Waals surface area contributed by atoms with Crippen molar-refractivity contribution in [1.82, 2.24) is 65.2 Å². The lowest BCUT2D eigenvalue weighted by atomic mass is 10.1. The number of aliphatic hydroxyl groups is 1. The molecule has 3 fully saturated rings. The molecule has 8 aromatic rings. The van der Waals surface area contributed by atoms with Crippen LogP contribution in [0.15, 0.2) is 0 Å². The standard InChI is InChI=1S/C12H15ClF2N2OS.C12H16ClFN2OS.C12H17ClN2O2S.C11H14ClNO2S.2C9H11ClN2O2S.C9H11FN2O2S.C8H9ClN2O2S/c1-8-16-11(13)10(19-8)9(18)3-2-5-17-6-4-12(14,15)7-17;1-8-15-12(13)11(18-8)10(17)3-2-5-16-6-4-9(14)7-16;1-8-14-12(13)11(18-8)10(17)3-2-5-15-6-4-9(16)7-15;1-3-8(14)5-4-6-9(15)10-11(12)13-7(2)16-10;1-5-12-9(10)8(15-5)6(13)3-4-7(14)11-2;1-5-12-9(10)8(15-5)6(13)3-2-4-7(11)14;1-5-12-9(10)8(15-5)6(13)3-4-7(14)11-2;1-4-11-8(9)7(14-4)5(12)2-3-6(10)13/h2-7H2,1H3;9H,2-7H2,1H3;9,16H,2-7H2,1H3;3-6H2,1-2H3;3-4H2,1-2H3,(H,11,14);2-4H2,1H3,(H2,11,14);3-4H2,1-2H3,(H,11,14);2-3H2,1H3,(H2,10,13). The van der Waals surface area contributed by atoms with Crippen LogP contribution in [0.1, 0.15) is 266 Å². The van der Waals surface area contributed by atoms with Gasteiger partial charge in [-0.25, -0.2) is 53.0 Å². The van der Waals surface area contributed by atoms with Gasteiger partial charge < -0.3 is 37.0 Å². The molecule has 4 amide bonds. The van der Waals surface area contributed by atoms with E-state index in [1.807, 2.05) is 27.7 Å². The predicted octanol–water partition coefficient (Wildman–Crippen LogP) is 18.7. The molecule has 3 aliphatic rings. The van der Waals surface area contributed by atoms with Crippen molar-refractivity contribution >= 4 is 248 Å². The summed E-state index contributed by atoms with van der Waals surface area (Å²) in [5.74, 6) is -5.09. The van der Waals surface area contributed by atoms with Crippen LogP contribution in [0.5, 0.6) is 0 Å². The lowest BCUT2D eigenvalue weighted by Crippen LogP contribution is -2.26. The van der Waals surface area contributed by atoms with Gasteiger partial charge >= 0.3 is 0 Å². The molecule has 0 aromatic carbocycles. The first-order valence-electron chi connectivity index (χ1n) is 40.8. The number of primary amides is 2. The van der Waals surface area contributed by atoms with Crippen molar-refractivity contribution in [3.63, 3.8) is 0 Å². The van der Waals surface area contributed by atoms with Crippen molar-refractivity contribution in [2.75, 3.05) is 73.0 Å². The molecule has 3 saturated heterocycles. The quantitative estimate of drug-likeness (QED) is 0.0177. The van der Waals surface area contributed by atoms with Crippen molar-refractivity contribution in [3.05, 3.63) is 121 Å². The molecule has 130 heavy (non-hydrogen) atoms. The molecular weight excluding hydrogens is 2000 g/mol. The van der Waals surface area contributed by atoms with Gasteiger partial charge in [-0.15, -0.1) is 90.7 Å². The fourth-order valence-corrected chi connectivity index (χ4v) is 20.9. The molecule has 7 N–H and O–H groups in total. The van der Waals surface area contributed by atoms with Gasteiger partial charge in [-0.2, -0.15) is 4.39 Å². The highest BCUT2D eigenvalue weighted by atomic mass is 35.5. The van der Waals surface area contributed by atoms with E-state index in [2.05, 4.69) is 60.3 Å². The number of ketones is 9. The molecule has 29 nitrogen and oxygen atoms in total. The Labute approximate surface area is 818 Å². The number of aliphatic hydroxyl groups excluding tert-OH is 1. The van der Waals surface area contributed by atoms with Crippen LogP contribution in [0.3, 0.4) is 0 Å². The van der Waals surface area contributed by atoms with Gasteiger partial charge in [0.2, 0.25) is 29.6 Å². The summed E-state index contributed by atoms with van der Waals surface area (Å²) < 4.78 is 51.9. The summed E-state index contributed by atoms with van der Waals surface area (Å²) >= 11 is 50.8. The number of rotatable bonds is 38. The number of nitrogens with zero attached hydrogens (tertiary/aromatic N) is 11. The third-order valence-electron chi connectivity index (χ3n) is 18.3. The minimum Gasteiger partial charge on any atom is -0.392 e. The molecule has 716 valence electrons. The van der Waals surface area contributed by atoms with E-state index in [0.717, 1.165) is 98.4 Å². The molecule has 11 rings (SSSR count). The zero-order valence-electron chi connectivity index (χ0n) is 73.3. The maximum Gasteiger partial charge on any atom is 0.261 e. The maximum absolute atomic E-state index is 13.0. The minimum atomic E-state index is -2.57. The highest BCUT2D eigenvalue weighted by Gasteiger charge is 2.38. The van der Waals surface area contributed by atoms with Crippen LogP contribution in [-0.4, -0.2) is 227 Å².